The predicted octanol–water partition coefficient (Wildman–Crippen LogP) is 0.675. The molecule has 5 nitrogen and oxygen atoms in total. The maximum atomic E-state index is 10.1. The van der Waals surface area contributed by atoms with Gasteiger partial charge in [0.05, 0.1) is 25.9 Å². The minimum absolute atomic E-state index is 0.284. The number of hydrogen-bond donors (Lipinski definition) is 2. The Morgan fingerprint density at radius 2 is 2.21 bits per heavy atom. The molecule has 0 aromatic heterocycles. The Bertz CT molecular complexity index is 442. The lowest BCUT2D eigenvalue weighted by Gasteiger charge is -2.27. The van der Waals surface area contributed by atoms with E-state index in [9.17, 15) is 5.11 Å². The molecule has 19 heavy (non-hydrogen) atoms. The van der Waals surface area contributed by atoms with Crippen LogP contribution in [0.4, 0.5) is 0 Å². The van der Waals surface area contributed by atoms with Crippen LogP contribution in [0.5, 0.6) is 0 Å². The summed E-state index contributed by atoms with van der Waals surface area (Å²) in [5.41, 5.74) is 7.91. The van der Waals surface area contributed by atoms with E-state index in [2.05, 4.69) is 4.99 Å². The van der Waals surface area contributed by atoms with E-state index in [1.807, 2.05) is 36.1 Å². The van der Waals surface area contributed by atoms with Crippen molar-refractivity contribution < 1.29 is 9.84 Å². The number of aliphatic hydroxyl groups excluding tert-OH is 1. The molecule has 1 atom stereocenters. The van der Waals surface area contributed by atoms with Crippen LogP contribution in [-0.2, 0) is 4.74 Å². The fraction of sp³-hybridized carbons (Fsp3) is 0.500. The van der Waals surface area contributed by atoms with E-state index in [4.69, 9.17) is 10.5 Å². The quantitative estimate of drug-likeness (QED) is 0.621. The zero-order valence-electron chi connectivity index (χ0n) is 11.2. The van der Waals surface area contributed by atoms with Crippen molar-refractivity contribution in [1.82, 2.24) is 4.90 Å². The Labute approximate surface area is 113 Å². The summed E-state index contributed by atoms with van der Waals surface area (Å²) in [6, 6.07) is 7.80. The summed E-state index contributed by atoms with van der Waals surface area (Å²) >= 11 is 0. The van der Waals surface area contributed by atoms with Gasteiger partial charge in [-0.25, -0.2) is 0 Å². The van der Waals surface area contributed by atoms with E-state index in [-0.39, 0.29) is 6.54 Å². The maximum Gasteiger partial charge on any atom is 0.191 e. The molecule has 104 valence electrons. The number of hydrogen-bond acceptors (Lipinski definition) is 3. The van der Waals surface area contributed by atoms with Crippen LogP contribution < -0.4 is 5.73 Å². The molecule has 1 unspecified atom stereocenters. The summed E-state index contributed by atoms with van der Waals surface area (Å²) in [6.07, 6.45) is -0.612. The summed E-state index contributed by atoms with van der Waals surface area (Å²) in [7, 11) is 0. The fourth-order valence-corrected chi connectivity index (χ4v) is 2.06. The van der Waals surface area contributed by atoms with Gasteiger partial charge in [0.2, 0.25) is 0 Å². The lowest BCUT2D eigenvalue weighted by Crippen LogP contribution is -2.45. The lowest BCUT2D eigenvalue weighted by atomic mass is 10.1. The van der Waals surface area contributed by atoms with Crippen molar-refractivity contribution in [3.8, 4) is 0 Å². The van der Waals surface area contributed by atoms with Crippen molar-refractivity contribution in [2.45, 2.75) is 13.0 Å². The third kappa shape index (κ3) is 3.94. The van der Waals surface area contributed by atoms with Gasteiger partial charge in [-0.15, -0.1) is 0 Å². The number of aliphatic hydroxyl groups is 1. The van der Waals surface area contributed by atoms with Gasteiger partial charge in [-0.2, -0.15) is 0 Å². The second-order valence-electron chi connectivity index (χ2n) is 4.73. The van der Waals surface area contributed by atoms with Gasteiger partial charge in [0, 0.05) is 13.1 Å². The molecule has 2 rings (SSSR count). The highest BCUT2D eigenvalue weighted by atomic mass is 16.5. The summed E-state index contributed by atoms with van der Waals surface area (Å²) < 4.78 is 5.26. The first-order chi connectivity index (χ1) is 9.16. The molecular weight excluding hydrogens is 242 g/mol. The maximum absolute atomic E-state index is 10.1. The average Bonchev–Trinajstić information content (AvgIpc) is 2.45. The van der Waals surface area contributed by atoms with E-state index in [0.29, 0.717) is 19.2 Å². The Hall–Kier alpha value is -1.59. The van der Waals surface area contributed by atoms with Gasteiger partial charge in [-0.3, -0.25) is 4.99 Å². The Morgan fingerprint density at radius 3 is 2.89 bits per heavy atom. The molecule has 3 N–H and O–H groups in total. The number of nitrogens with two attached hydrogens (primary N) is 1. The van der Waals surface area contributed by atoms with E-state index in [1.54, 1.807) is 0 Å². The van der Waals surface area contributed by atoms with Crippen LogP contribution in [0.1, 0.15) is 17.2 Å². The summed E-state index contributed by atoms with van der Waals surface area (Å²) in [5.74, 6) is 0.481. The molecule has 0 bridgehead atoms. The molecule has 0 amide bonds. The van der Waals surface area contributed by atoms with Crippen molar-refractivity contribution in [2.24, 2.45) is 10.7 Å². The Kier molecular flexibility index (Phi) is 4.76. The second kappa shape index (κ2) is 6.54. The highest BCUT2D eigenvalue weighted by Crippen LogP contribution is 2.14. The van der Waals surface area contributed by atoms with Gasteiger partial charge in [-0.05, 0) is 12.5 Å². The fourth-order valence-electron chi connectivity index (χ4n) is 2.06. The van der Waals surface area contributed by atoms with Gasteiger partial charge in [0.25, 0.3) is 0 Å². The van der Waals surface area contributed by atoms with Crippen LogP contribution in [-0.4, -0.2) is 48.8 Å². The van der Waals surface area contributed by atoms with E-state index < -0.39 is 6.10 Å². The summed E-state index contributed by atoms with van der Waals surface area (Å²) in [5, 5.41) is 10.1. The van der Waals surface area contributed by atoms with Crippen LogP contribution in [0.15, 0.2) is 29.3 Å². The highest BCUT2D eigenvalue weighted by molar-refractivity contribution is 5.78. The number of benzene rings is 1. The molecule has 5 heteroatoms. The van der Waals surface area contributed by atoms with Crippen molar-refractivity contribution in [3.05, 3.63) is 35.4 Å². The highest BCUT2D eigenvalue weighted by Gasteiger charge is 2.13. The molecule has 1 aromatic rings. The van der Waals surface area contributed by atoms with Gasteiger partial charge in [-0.1, -0.05) is 29.8 Å². The number of aryl methyl sites for hydroxylation is 1. The predicted molar refractivity (Wildman–Crippen MR) is 75.0 cm³/mol. The van der Waals surface area contributed by atoms with E-state index in [1.165, 1.54) is 0 Å². The van der Waals surface area contributed by atoms with Crippen molar-refractivity contribution >= 4 is 5.96 Å². The monoisotopic (exact) mass is 263 g/mol. The number of morpholine rings is 1. The third-order valence-corrected chi connectivity index (χ3v) is 3.19. The average molecular weight is 263 g/mol. The molecule has 1 aliphatic heterocycles. The zero-order chi connectivity index (χ0) is 13.7. The summed E-state index contributed by atoms with van der Waals surface area (Å²) in [4.78, 5) is 6.25. The zero-order valence-corrected chi connectivity index (χ0v) is 11.2. The number of aliphatic imine (C=N–C) groups is 1. The van der Waals surface area contributed by atoms with Crippen LogP contribution >= 0.6 is 0 Å². The van der Waals surface area contributed by atoms with Gasteiger partial charge >= 0.3 is 0 Å². The summed E-state index contributed by atoms with van der Waals surface area (Å²) in [6.45, 7) is 5.16. The second-order valence-corrected chi connectivity index (χ2v) is 4.73. The first-order valence-corrected chi connectivity index (χ1v) is 6.54. The minimum atomic E-state index is -0.612. The van der Waals surface area contributed by atoms with Crippen LogP contribution in [0, 0.1) is 6.92 Å². The Balaban J connectivity index is 1.93. The molecule has 1 heterocycles. The molecule has 0 aliphatic carbocycles. The molecule has 1 fully saturated rings. The van der Waals surface area contributed by atoms with Crippen LogP contribution in [0.3, 0.4) is 0 Å². The lowest BCUT2D eigenvalue weighted by molar-refractivity contribution is 0.0672. The van der Waals surface area contributed by atoms with Crippen molar-refractivity contribution in [3.63, 3.8) is 0 Å². The van der Waals surface area contributed by atoms with Gasteiger partial charge < -0.3 is 20.5 Å². The first-order valence-electron chi connectivity index (χ1n) is 6.54. The van der Waals surface area contributed by atoms with Gasteiger partial charge in [0.1, 0.15) is 0 Å². The molecule has 0 saturated carbocycles. The number of nitrogens with zero attached hydrogens (tertiary/aromatic N) is 2. The molecule has 0 radical (unpaired) electrons. The molecule has 1 aromatic carbocycles. The SMILES string of the molecule is Cc1cccc(C(O)CN=C(N)N2CCOCC2)c1. The molecular formula is C14H21N3O2. The number of ether oxygens (including phenoxy) is 1. The standard InChI is InChI=1S/C14H21N3O2/c1-11-3-2-4-12(9-11)13(18)10-16-14(15)17-5-7-19-8-6-17/h2-4,9,13,18H,5-8,10H2,1H3,(H2,15,16). The normalized spacial score (nSPS) is 18.4. The molecule has 1 aliphatic rings. The number of guanidine groups is 1. The van der Waals surface area contributed by atoms with E-state index >= 15 is 0 Å². The third-order valence-electron chi connectivity index (χ3n) is 3.19. The smallest absolute Gasteiger partial charge is 0.191 e. The Morgan fingerprint density at radius 1 is 1.47 bits per heavy atom. The van der Waals surface area contributed by atoms with E-state index in [0.717, 1.165) is 24.2 Å². The van der Waals surface area contributed by atoms with Crippen molar-refractivity contribution in [2.75, 3.05) is 32.8 Å². The molecule has 1 saturated heterocycles. The van der Waals surface area contributed by atoms with Crippen LogP contribution in [0.25, 0.3) is 0 Å². The number of rotatable bonds is 3. The van der Waals surface area contributed by atoms with Crippen LogP contribution in [0.2, 0.25) is 0 Å². The van der Waals surface area contributed by atoms with Gasteiger partial charge in [0.15, 0.2) is 5.96 Å². The largest absolute Gasteiger partial charge is 0.386 e. The first kappa shape index (κ1) is 13.8. The topological polar surface area (TPSA) is 71.1 Å². The van der Waals surface area contributed by atoms with Crippen molar-refractivity contribution in [1.29, 1.82) is 0 Å². The minimum Gasteiger partial charge on any atom is -0.386 e. The molecule has 0 spiro atoms.